The Morgan fingerprint density at radius 3 is 2.93 bits per heavy atom. The summed E-state index contributed by atoms with van der Waals surface area (Å²) in [7, 11) is 0. The number of nitrogens with zero attached hydrogens (tertiary/aromatic N) is 2. The number of hydrogen-bond acceptors (Lipinski definition) is 2. The molecule has 0 amide bonds. The topological polar surface area (TPSA) is 43.8 Å². The van der Waals surface area contributed by atoms with Gasteiger partial charge in [-0.2, -0.15) is 5.10 Å². The zero-order chi connectivity index (χ0) is 9.97. The van der Waals surface area contributed by atoms with Gasteiger partial charge in [-0.05, 0) is 25.8 Å². The molecule has 1 aromatic rings. The Hall–Kier alpha value is -0.830. The Bertz CT molecular complexity index is 284. The summed E-state index contributed by atoms with van der Waals surface area (Å²) < 4.78 is 2.19. The molecular weight excluding hydrogens is 174 g/mol. The normalized spacial score (nSPS) is 20.1. The molecule has 0 aliphatic heterocycles. The largest absolute Gasteiger partial charge is 0.328 e. The number of rotatable bonds is 3. The van der Waals surface area contributed by atoms with E-state index in [0.29, 0.717) is 6.04 Å². The van der Waals surface area contributed by atoms with E-state index in [2.05, 4.69) is 15.8 Å². The van der Waals surface area contributed by atoms with E-state index >= 15 is 0 Å². The molecule has 1 fully saturated rings. The fourth-order valence-electron chi connectivity index (χ4n) is 2.31. The minimum Gasteiger partial charge on any atom is -0.328 e. The van der Waals surface area contributed by atoms with Crippen LogP contribution in [0.3, 0.4) is 0 Å². The summed E-state index contributed by atoms with van der Waals surface area (Å²) in [5.74, 6) is 0. The number of nitrogens with two attached hydrogens (primary N) is 1. The molecule has 78 valence electrons. The van der Waals surface area contributed by atoms with Gasteiger partial charge in [-0.15, -0.1) is 0 Å². The Balaban J connectivity index is 2.12. The van der Waals surface area contributed by atoms with E-state index in [9.17, 15) is 0 Å². The van der Waals surface area contributed by atoms with Crippen molar-refractivity contribution in [1.82, 2.24) is 9.78 Å². The molecule has 2 rings (SSSR count). The van der Waals surface area contributed by atoms with Crippen LogP contribution in [0, 0.1) is 0 Å². The van der Waals surface area contributed by atoms with Crippen molar-refractivity contribution < 1.29 is 0 Å². The maximum absolute atomic E-state index is 5.81. The van der Waals surface area contributed by atoms with Gasteiger partial charge < -0.3 is 5.73 Å². The summed E-state index contributed by atoms with van der Waals surface area (Å²) in [4.78, 5) is 0. The fourth-order valence-corrected chi connectivity index (χ4v) is 2.31. The van der Waals surface area contributed by atoms with Crippen LogP contribution in [0.5, 0.6) is 0 Å². The molecular formula is C11H19N3. The van der Waals surface area contributed by atoms with Gasteiger partial charge in [-0.25, -0.2) is 0 Å². The lowest BCUT2D eigenvalue weighted by molar-refractivity contribution is 0.444. The van der Waals surface area contributed by atoms with Crippen molar-refractivity contribution >= 4 is 0 Å². The highest BCUT2D eigenvalue weighted by atomic mass is 15.3. The first-order valence-electron chi connectivity index (χ1n) is 5.55. The molecule has 14 heavy (non-hydrogen) atoms. The van der Waals surface area contributed by atoms with Crippen molar-refractivity contribution in [3.63, 3.8) is 0 Å². The zero-order valence-electron chi connectivity index (χ0n) is 8.82. The standard InChI is InChI=1S/C11H19N3/c1-9(12)8-11-6-7-13-14(11)10-4-2-3-5-10/h6-7,9-10H,2-5,8,12H2,1H3. The van der Waals surface area contributed by atoms with E-state index in [0.717, 1.165) is 6.42 Å². The Morgan fingerprint density at radius 2 is 2.29 bits per heavy atom. The quantitative estimate of drug-likeness (QED) is 0.796. The molecule has 3 nitrogen and oxygen atoms in total. The second kappa shape index (κ2) is 4.13. The molecule has 1 aliphatic carbocycles. The van der Waals surface area contributed by atoms with Crippen LogP contribution < -0.4 is 5.73 Å². The summed E-state index contributed by atoms with van der Waals surface area (Å²) >= 11 is 0. The van der Waals surface area contributed by atoms with Gasteiger partial charge in [0, 0.05) is 24.4 Å². The Kier molecular flexibility index (Phi) is 2.87. The van der Waals surface area contributed by atoms with Crippen LogP contribution in [0.1, 0.15) is 44.3 Å². The van der Waals surface area contributed by atoms with Crippen molar-refractivity contribution in [1.29, 1.82) is 0 Å². The molecule has 1 unspecified atom stereocenters. The Labute approximate surface area is 85.3 Å². The second-order valence-electron chi connectivity index (χ2n) is 4.39. The lowest BCUT2D eigenvalue weighted by Crippen LogP contribution is -2.21. The van der Waals surface area contributed by atoms with Crippen LogP contribution >= 0.6 is 0 Å². The van der Waals surface area contributed by atoms with Crippen LogP contribution in [-0.2, 0) is 6.42 Å². The minimum atomic E-state index is 0.229. The number of aromatic nitrogens is 2. The molecule has 1 heterocycles. The molecule has 0 spiro atoms. The van der Waals surface area contributed by atoms with Gasteiger partial charge in [-0.1, -0.05) is 12.8 Å². The third kappa shape index (κ3) is 1.98. The van der Waals surface area contributed by atoms with Crippen molar-refractivity contribution in [2.75, 3.05) is 0 Å². The van der Waals surface area contributed by atoms with Crippen molar-refractivity contribution in [3.05, 3.63) is 18.0 Å². The van der Waals surface area contributed by atoms with E-state index in [1.165, 1.54) is 31.4 Å². The number of hydrogen-bond donors (Lipinski definition) is 1. The molecule has 1 atom stereocenters. The first-order valence-corrected chi connectivity index (χ1v) is 5.55. The first kappa shape index (κ1) is 9.71. The predicted molar refractivity (Wildman–Crippen MR) is 57.1 cm³/mol. The Morgan fingerprint density at radius 1 is 1.57 bits per heavy atom. The van der Waals surface area contributed by atoms with Crippen molar-refractivity contribution in [2.24, 2.45) is 5.73 Å². The van der Waals surface area contributed by atoms with Gasteiger partial charge >= 0.3 is 0 Å². The van der Waals surface area contributed by atoms with Crippen LogP contribution in [0.25, 0.3) is 0 Å². The van der Waals surface area contributed by atoms with Gasteiger partial charge in [0.2, 0.25) is 0 Å². The molecule has 0 radical (unpaired) electrons. The summed E-state index contributed by atoms with van der Waals surface area (Å²) in [6.07, 6.45) is 8.11. The van der Waals surface area contributed by atoms with E-state index in [1.807, 2.05) is 13.1 Å². The molecule has 0 saturated heterocycles. The maximum atomic E-state index is 5.81. The summed E-state index contributed by atoms with van der Waals surface area (Å²) in [6, 6.07) is 2.97. The molecule has 2 N–H and O–H groups in total. The summed E-state index contributed by atoms with van der Waals surface area (Å²) in [5, 5.41) is 4.41. The van der Waals surface area contributed by atoms with Crippen molar-refractivity contribution in [2.45, 2.75) is 51.1 Å². The van der Waals surface area contributed by atoms with Crippen LogP contribution in [0.2, 0.25) is 0 Å². The van der Waals surface area contributed by atoms with E-state index < -0.39 is 0 Å². The molecule has 1 saturated carbocycles. The summed E-state index contributed by atoms with van der Waals surface area (Å²) in [5.41, 5.74) is 7.11. The lowest BCUT2D eigenvalue weighted by Gasteiger charge is -2.15. The monoisotopic (exact) mass is 193 g/mol. The minimum absolute atomic E-state index is 0.229. The van der Waals surface area contributed by atoms with Crippen LogP contribution in [-0.4, -0.2) is 15.8 Å². The van der Waals surface area contributed by atoms with Gasteiger partial charge in [0.25, 0.3) is 0 Å². The average molecular weight is 193 g/mol. The summed E-state index contributed by atoms with van der Waals surface area (Å²) in [6.45, 7) is 2.05. The lowest BCUT2D eigenvalue weighted by atomic mass is 10.1. The highest BCUT2D eigenvalue weighted by molar-refractivity contribution is 5.04. The van der Waals surface area contributed by atoms with Gasteiger partial charge in [0.1, 0.15) is 0 Å². The fraction of sp³-hybridized carbons (Fsp3) is 0.727. The van der Waals surface area contributed by atoms with E-state index in [1.54, 1.807) is 0 Å². The highest BCUT2D eigenvalue weighted by Gasteiger charge is 2.19. The second-order valence-corrected chi connectivity index (χ2v) is 4.39. The third-order valence-electron chi connectivity index (χ3n) is 2.95. The van der Waals surface area contributed by atoms with Gasteiger partial charge in [0.15, 0.2) is 0 Å². The molecule has 0 aromatic carbocycles. The first-order chi connectivity index (χ1) is 6.77. The molecule has 0 bridgehead atoms. The van der Waals surface area contributed by atoms with Crippen LogP contribution in [0.4, 0.5) is 0 Å². The van der Waals surface area contributed by atoms with E-state index in [4.69, 9.17) is 5.73 Å². The van der Waals surface area contributed by atoms with E-state index in [-0.39, 0.29) is 6.04 Å². The predicted octanol–water partition coefficient (Wildman–Crippen LogP) is 1.89. The highest BCUT2D eigenvalue weighted by Crippen LogP contribution is 2.29. The van der Waals surface area contributed by atoms with Gasteiger partial charge in [-0.3, -0.25) is 4.68 Å². The van der Waals surface area contributed by atoms with Crippen LogP contribution in [0.15, 0.2) is 12.3 Å². The van der Waals surface area contributed by atoms with Crippen molar-refractivity contribution in [3.8, 4) is 0 Å². The van der Waals surface area contributed by atoms with Gasteiger partial charge in [0.05, 0.1) is 6.04 Å². The zero-order valence-corrected chi connectivity index (χ0v) is 8.82. The molecule has 3 heteroatoms. The third-order valence-corrected chi connectivity index (χ3v) is 2.95. The smallest absolute Gasteiger partial charge is 0.0522 e. The SMILES string of the molecule is CC(N)Cc1ccnn1C1CCCC1. The average Bonchev–Trinajstić information content (AvgIpc) is 2.70. The maximum Gasteiger partial charge on any atom is 0.0522 e. The molecule has 1 aromatic heterocycles. The molecule has 1 aliphatic rings.